The van der Waals surface area contributed by atoms with E-state index in [4.69, 9.17) is 0 Å². The number of carbonyl (C=O) groups is 2. The van der Waals surface area contributed by atoms with E-state index in [1.54, 1.807) is 24.3 Å². The van der Waals surface area contributed by atoms with Crippen molar-refractivity contribution < 1.29 is 14.7 Å². The summed E-state index contributed by atoms with van der Waals surface area (Å²) in [6.07, 6.45) is 4.43. The molecule has 3 heterocycles. The average molecular weight is 521 g/mol. The van der Waals surface area contributed by atoms with Crippen LogP contribution in [0.25, 0.3) is 21.5 Å². The van der Waals surface area contributed by atoms with Crippen LogP contribution in [-0.4, -0.2) is 45.2 Å². The Kier molecular flexibility index (Phi) is 7.89. The van der Waals surface area contributed by atoms with E-state index in [1.165, 1.54) is 11.3 Å². The number of aryl methyl sites for hydroxylation is 1. The number of aromatic nitrogens is 3. The van der Waals surface area contributed by atoms with Crippen molar-refractivity contribution in [3.63, 3.8) is 0 Å². The number of aliphatic hydroxyl groups is 1. The Morgan fingerprint density at radius 3 is 2.65 bits per heavy atom. The van der Waals surface area contributed by atoms with Crippen LogP contribution in [0.4, 0.5) is 21.4 Å². The highest BCUT2D eigenvalue weighted by Crippen LogP contribution is 2.31. The van der Waals surface area contributed by atoms with Crippen molar-refractivity contribution in [2.45, 2.75) is 40.2 Å². The van der Waals surface area contributed by atoms with Gasteiger partial charge in [0, 0.05) is 55.1 Å². The minimum Gasteiger partial charge on any atom is -0.396 e. The highest BCUT2D eigenvalue weighted by molar-refractivity contribution is 7.19. The number of carbonyl (C=O) groups excluding carboxylic acids is 2. The molecule has 0 radical (unpaired) electrons. The van der Waals surface area contributed by atoms with Gasteiger partial charge in [-0.2, -0.15) is 0 Å². The fraction of sp³-hybridized carbons (Fsp3) is 0.333. The van der Waals surface area contributed by atoms with Gasteiger partial charge in [-0.1, -0.05) is 26.8 Å². The molecule has 0 atom stereocenters. The molecule has 0 saturated heterocycles. The van der Waals surface area contributed by atoms with Crippen LogP contribution in [-0.2, 0) is 11.3 Å². The molecule has 0 aliphatic heterocycles. The Morgan fingerprint density at radius 1 is 1.14 bits per heavy atom. The summed E-state index contributed by atoms with van der Waals surface area (Å²) >= 11 is 1.45. The molecule has 4 aromatic rings. The summed E-state index contributed by atoms with van der Waals surface area (Å²) in [4.78, 5) is 37.0. The van der Waals surface area contributed by atoms with E-state index in [0.717, 1.165) is 21.6 Å². The molecule has 3 N–H and O–H groups in total. The smallest absolute Gasteiger partial charge is 0.326 e. The molecule has 194 valence electrons. The number of thiophene rings is 1. The molecular weight excluding hydrogens is 488 g/mol. The van der Waals surface area contributed by atoms with Gasteiger partial charge in [-0.25, -0.2) is 9.78 Å². The summed E-state index contributed by atoms with van der Waals surface area (Å²) < 4.78 is 1.86. The summed E-state index contributed by atoms with van der Waals surface area (Å²) in [6, 6.07) is 12.8. The van der Waals surface area contributed by atoms with Crippen molar-refractivity contribution >= 4 is 50.9 Å². The fourth-order valence-corrected chi connectivity index (χ4v) is 4.80. The third-order valence-electron chi connectivity index (χ3n) is 5.73. The molecule has 10 heteroatoms. The molecule has 9 nitrogen and oxygen atoms in total. The SMILES string of the molecule is CN(C(=O)CC(C)(C)C)c1ccc2c(c1)nc(NC(=O)Nc1ccc(-c3cccnc3)s1)n2CCCO. The number of rotatable bonds is 8. The summed E-state index contributed by atoms with van der Waals surface area (Å²) in [6.45, 7) is 6.58. The number of hydrogen-bond acceptors (Lipinski definition) is 6. The Balaban J connectivity index is 1.54. The van der Waals surface area contributed by atoms with E-state index < -0.39 is 6.03 Å². The van der Waals surface area contributed by atoms with E-state index in [9.17, 15) is 14.7 Å². The summed E-state index contributed by atoms with van der Waals surface area (Å²) in [5.74, 6) is 0.386. The zero-order chi connectivity index (χ0) is 26.6. The number of pyridine rings is 1. The van der Waals surface area contributed by atoms with Crippen molar-refractivity contribution in [2.24, 2.45) is 5.41 Å². The first-order chi connectivity index (χ1) is 17.6. The number of fused-ring (bicyclic) bond motifs is 1. The number of amides is 3. The van der Waals surface area contributed by atoms with Crippen LogP contribution in [0.15, 0.2) is 54.9 Å². The number of nitrogens with zero attached hydrogens (tertiary/aromatic N) is 4. The first-order valence-electron chi connectivity index (χ1n) is 12.1. The van der Waals surface area contributed by atoms with E-state index in [2.05, 4.69) is 20.6 Å². The maximum atomic E-state index is 12.8. The number of urea groups is 1. The van der Waals surface area contributed by atoms with Crippen LogP contribution in [0, 0.1) is 5.41 Å². The lowest BCUT2D eigenvalue weighted by molar-refractivity contribution is -0.120. The largest absolute Gasteiger partial charge is 0.396 e. The van der Waals surface area contributed by atoms with Crippen molar-refractivity contribution in [3.8, 4) is 10.4 Å². The Morgan fingerprint density at radius 2 is 1.95 bits per heavy atom. The van der Waals surface area contributed by atoms with Crippen LogP contribution in [0.2, 0.25) is 0 Å². The van der Waals surface area contributed by atoms with E-state index in [1.807, 2.05) is 67.8 Å². The van der Waals surface area contributed by atoms with Gasteiger partial charge in [0.05, 0.1) is 16.0 Å². The number of anilines is 3. The van der Waals surface area contributed by atoms with E-state index >= 15 is 0 Å². The lowest BCUT2D eigenvalue weighted by Gasteiger charge is -2.23. The van der Waals surface area contributed by atoms with Crippen molar-refractivity contribution in [2.75, 3.05) is 29.2 Å². The fourth-order valence-electron chi connectivity index (χ4n) is 3.91. The van der Waals surface area contributed by atoms with Crippen LogP contribution in [0.3, 0.4) is 0 Å². The topological polar surface area (TPSA) is 112 Å². The standard InChI is InChI=1S/C27H32N6O3S/c1-27(2,3)16-24(35)32(4)19-8-9-21-20(15-19)29-25(33(21)13-6-14-34)31-26(36)30-23-11-10-22(37-23)18-7-5-12-28-17-18/h5,7-12,15,17,34H,6,13-14,16H2,1-4H3,(H2,29,30,31,36). The third-order valence-corrected chi connectivity index (χ3v) is 6.78. The van der Waals surface area contributed by atoms with Gasteiger partial charge in [-0.05, 0) is 48.2 Å². The zero-order valence-corrected chi connectivity index (χ0v) is 22.3. The van der Waals surface area contributed by atoms with Gasteiger partial charge in [-0.15, -0.1) is 11.3 Å². The number of nitrogens with one attached hydrogen (secondary N) is 2. The molecule has 0 spiro atoms. The molecule has 3 aromatic heterocycles. The quantitative estimate of drug-likeness (QED) is 0.281. The van der Waals surface area contributed by atoms with Crippen LogP contribution in [0.1, 0.15) is 33.6 Å². The molecule has 0 unspecified atom stereocenters. The molecule has 0 bridgehead atoms. The predicted molar refractivity (Wildman–Crippen MR) is 149 cm³/mol. The number of hydrogen-bond donors (Lipinski definition) is 3. The van der Waals surface area contributed by atoms with Gasteiger partial charge in [-0.3, -0.25) is 20.4 Å². The Hall–Kier alpha value is -3.76. The molecule has 0 saturated carbocycles. The van der Waals surface area contributed by atoms with Crippen molar-refractivity contribution in [1.82, 2.24) is 14.5 Å². The molecule has 0 aliphatic carbocycles. The molecule has 0 fully saturated rings. The molecule has 37 heavy (non-hydrogen) atoms. The normalized spacial score (nSPS) is 11.5. The summed E-state index contributed by atoms with van der Waals surface area (Å²) in [5.41, 5.74) is 3.04. The average Bonchev–Trinajstić information content (AvgIpc) is 3.45. The predicted octanol–water partition coefficient (Wildman–Crippen LogP) is 5.59. The third kappa shape index (κ3) is 6.52. The molecule has 0 aliphatic rings. The van der Waals surface area contributed by atoms with Gasteiger partial charge in [0.25, 0.3) is 0 Å². The van der Waals surface area contributed by atoms with Crippen LogP contribution >= 0.6 is 11.3 Å². The first kappa shape index (κ1) is 26.3. The maximum Gasteiger partial charge on any atom is 0.326 e. The minimum atomic E-state index is -0.419. The van der Waals surface area contributed by atoms with Gasteiger partial charge in [0.2, 0.25) is 11.9 Å². The molecule has 1 aromatic carbocycles. The van der Waals surface area contributed by atoms with Crippen LogP contribution in [0.5, 0.6) is 0 Å². The zero-order valence-electron chi connectivity index (χ0n) is 21.5. The van der Waals surface area contributed by atoms with Crippen molar-refractivity contribution in [3.05, 3.63) is 54.9 Å². The number of benzene rings is 1. The summed E-state index contributed by atoms with van der Waals surface area (Å²) in [7, 11) is 1.76. The maximum absolute atomic E-state index is 12.8. The minimum absolute atomic E-state index is 0.0136. The second-order valence-electron chi connectivity index (χ2n) is 10.0. The van der Waals surface area contributed by atoms with Gasteiger partial charge < -0.3 is 14.6 Å². The van der Waals surface area contributed by atoms with Gasteiger partial charge in [0.15, 0.2) is 0 Å². The van der Waals surface area contributed by atoms with Crippen LogP contribution < -0.4 is 15.5 Å². The molecular formula is C27H32N6O3S. The monoisotopic (exact) mass is 520 g/mol. The highest BCUT2D eigenvalue weighted by Gasteiger charge is 2.21. The number of aliphatic hydroxyl groups excluding tert-OH is 1. The second kappa shape index (κ2) is 11.1. The highest BCUT2D eigenvalue weighted by atomic mass is 32.1. The second-order valence-corrected chi connectivity index (χ2v) is 11.1. The van der Waals surface area contributed by atoms with Gasteiger partial charge >= 0.3 is 6.03 Å². The summed E-state index contributed by atoms with van der Waals surface area (Å²) in [5, 5.41) is 15.8. The van der Waals surface area contributed by atoms with E-state index in [0.29, 0.717) is 35.9 Å². The molecule has 4 rings (SSSR count). The van der Waals surface area contributed by atoms with Gasteiger partial charge in [0.1, 0.15) is 0 Å². The van der Waals surface area contributed by atoms with E-state index in [-0.39, 0.29) is 17.9 Å². The van der Waals surface area contributed by atoms with Crippen molar-refractivity contribution in [1.29, 1.82) is 0 Å². The lowest BCUT2D eigenvalue weighted by atomic mass is 9.91. The Labute approximate surface area is 220 Å². The number of imidazole rings is 1. The Bertz CT molecular complexity index is 1390. The lowest BCUT2D eigenvalue weighted by Crippen LogP contribution is -2.29. The molecule has 3 amide bonds. The first-order valence-corrected chi connectivity index (χ1v) is 12.9.